The number of carbonyl (C=O) groups excluding carboxylic acids is 1. The molecule has 0 heterocycles. The number of Topliss-reactive ketones (excluding diaryl/α,β-unsaturated/α-hetero) is 1. The van der Waals surface area contributed by atoms with Gasteiger partial charge in [-0.2, -0.15) is 0 Å². The van der Waals surface area contributed by atoms with Gasteiger partial charge in [0.2, 0.25) is 0 Å². The molecule has 0 radical (unpaired) electrons. The molecule has 0 atom stereocenters. The van der Waals surface area contributed by atoms with E-state index in [2.05, 4.69) is 6.58 Å². The van der Waals surface area contributed by atoms with Gasteiger partial charge in [0.05, 0.1) is 0 Å². The summed E-state index contributed by atoms with van der Waals surface area (Å²) in [6, 6.07) is 19.7. The first kappa shape index (κ1) is 14.0. The van der Waals surface area contributed by atoms with E-state index in [-0.39, 0.29) is 5.78 Å². The first-order valence-electron chi connectivity index (χ1n) is 6.63. The molecule has 2 aromatic rings. The predicted octanol–water partition coefficient (Wildman–Crippen LogP) is 4.76. The molecule has 1 heteroatoms. The fraction of sp³-hybridized carbons (Fsp3) is 0.105. The maximum absolute atomic E-state index is 12.2. The summed E-state index contributed by atoms with van der Waals surface area (Å²) in [7, 11) is 0. The van der Waals surface area contributed by atoms with Crippen molar-refractivity contribution in [2.45, 2.75) is 13.8 Å². The molecule has 0 saturated carbocycles. The molecule has 20 heavy (non-hydrogen) atoms. The van der Waals surface area contributed by atoms with Crippen molar-refractivity contribution in [1.82, 2.24) is 0 Å². The van der Waals surface area contributed by atoms with Gasteiger partial charge in [-0.1, -0.05) is 67.2 Å². The molecule has 2 rings (SSSR count). The van der Waals surface area contributed by atoms with Gasteiger partial charge in [-0.15, -0.1) is 0 Å². The van der Waals surface area contributed by atoms with Crippen LogP contribution in [-0.4, -0.2) is 5.78 Å². The Morgan fingerprint density at radius 3 is 1.50 bits per heavy atom. The SMILES string of the molecule is C=C(C)/C(=C(\C(C)=O)c1ccccc1)c1ccccc1. The standard InChI is InChI=1S/C19H18O/c1-14(2)18(16-10-6-4-7-11-16)19(15(3)20)17-12-8-5-9-13-17/h4-13H,1H2,2-3H3/b19-18-. The van der Waals surface area contributed by atoms with E-state index in [1.807, 2.05) is 67.6 Å². The van der Waals surface area contributed by atoms with Gasteiger partial charge < -0.3 is 0 Å². The van der Waals surface area contributed by atoms with E-state index in [4.69, 9.17) is 0 Å². The monoisotopic (exact) mass is 262 g/mol. The minimum Gasteiger partial charge on any atom is -0.294 e. The Bertz CT molecular complexity index is 589. The molecule has 0 spiro atoms. The minimum atomic E-state index is 0.0538. The zero-order chi connectivity index (χ0) is 14.5. The topological polar surface area (TPSA) is 17.1 Å². The summed E-state index contributed by atoms with van der Waals surface area (Å²) in [4.78, 5) is 12.2. The molecule has 0 aliphatic carbocycles. The molecule has 0 unspecified atom stereocenters. The fourth-order valence-electron chi connectivity index (χ4n) is 2.34. The van der Waals surface area contributed by atoms with Gasteiger partial charge in [-0.25, -0.2) is 0 Å². The zero-order valence-corrected chi connectivity index (χ0v) is 11.9. The largest absolute Gasteiger partial charge is 0.294 e. The van der Waals surface area contributed by atoms with E-state index in [0.29, 0.717) is 0 Å². The van der Waals surface area contributed by atoms with Crippen molar-refractivity contribution in [2.75, 3.05) is 0 Å². The number of allylic oxidation sites excluding steroid dienone is 3. The van der Waals surface area contributed by atoms with Crippen molar-refractivity contribution in [1.29, 1.82) is 0 Å². The lowest BCUT2D eigenvalue weighted by molar-refractivity contribution is -0.111. The van der Waals surface area contributed by atoms with Crippen molar-refractivity contribution < 1.29 is 4.79 Å². The van der Waals surface area contributed by atoms with Crippen molar-refractivity contribution in [3.8, 4) is 0 Å². The van der Waals surface area contributed by atoms with Gasteiger partial charge >= 0.3 is 0 Å². The van der Waals surface area contributed by atoms with E-state index in [1.54, 1.807) is 6.92 Å². The number of benzene rings is 2. The van der Waals surface area contributed by atoms with Crippen LogP contribution >= 0.6 is 0 Å². The van der Waals surface area contributed by atoms with Crippen molar-refractivity contribution in [3.63, 3.8) is 0 Å². The summed E-state index contributed by atoms with van der Waals surface area (Å²) in [6.07, 6.45) is 0. The lowest BCUT2D eigenvalue weighted by Gasteiger charge is -2.14. The van der Waals surface area contributed by atoms with Crippen LogP contribution in [0.1, 0.15) is 25.0 Å². The molecule has 2 aromatic carbocycles. The molecule has 0 saturated heterocycles. The van der Waals surface area contributed by atoms with Gasteiger partial charge in [0, 0.05) is 5.57 Å². The number of hydrogen-bond acceptors (Lipinski definition) is 1. The number of hydrogen-bond donors (Lipinski definition) is 0. The van der Waals surface area contributed by atoms with Crippen LogP contribution in [0.5, 0.6) is 0 Å². The van der Waals surface area contributed by atoms with Crippen LogP contribution in [0.3, 0.4) is 0 Å². The number of ketones is 1. The predicted molar refractivity (Wildman–Crippen MR) is 85.2 cm³/mol. The van der Waals surface area contributed by atoms with Crippen LogP contribution in [0, 0.1) is 0 Å². The van der Waals surface area contributed by atoms with Gasteiger partial charge in [0.1, 0.15) is 0 Å². The normalized spacial score (nSPS) is 11.7. The quantitative estimate of drug-likeness (QED) is 0.441. The Kier molecular flexibility index (Phi) is 4.31. The second kappa shape index (κ2) is 6.16. The Labute approximate surface area is 120 Å². The highest BCUT2D eigenvalue weighted by molar-refractivity contribution is 6.28. The smallest absolute Gasteiger partial charge is 0.161 e. The Morgan fingerprint density at radius 2 is 1.15 bits per heavy atom. The molecule has 0 bridgehead atoms. The molecule has 0 aromatic heterocycles. The van der Waals surface area contributed by atoms with E-state index in [0.717, 1.165) is 27.8 Å². The zero-order valence-electron chi connectivity index (χ0n) is 11.9. The average Bonchev–Trinajstić information content (AvgIpc) is 2.45. The van der Waals surface area contributed by atoms with Crippen LogP contribution in [0.2, 0.25) is 0 Å². The van der Waals surface area contributed by atoms with E-state index >= 15 is 0 Å². The highest BCUT2D eigenvalue weighted by atomic mass is 16.1. The number of rotatable bonds is 4. The van der Waals surface area contributed by atoms with Crippen molar-refractivity contribution in [2.24, 2.45) is 0 Å². The Morgan fingerprint density at radius 1 is 0.750 bits per heavy atom. The van der Waals surface area contributed by atoms with Gasteiger partial charge in [-0.05, 0) is 36.1 Å². The first-order chi connectivity index (χ1) is 9.61. The Hall–Kier alpha value is -2.41. The van der Waals surface area contributed by atoms with Gasteiger partial charge in [0.15, 0.2) is 5.78 Å². The Balaban J connectivity index is 2.74. The minimum absolute atomic E-state index is 0.0538. The van der Waals surface area contributed by atoms with Gasteiger partial charge in [0.25, 0.3) is 0 Å². The molecular weight excluding hydrogens is 244 g/mol. The van der Waals surface area contributed by atoms with E-state index in [1.165, 1.54) is 0 Å². The van der Waals surface area contributed by atoms with E-state index < -0.39 is 0 Å². The summed E-state index contributed by atoms with van der Waals surface area (Å²) in [5, 5.41) is 0. The lowest BCUT2D eigenvalue weighted by atomic mass is 9.89. The maximum Gasteiger partial charge on any atom is 0.161 e. The summed E-state index contributed by atoms with van der Waals surface area (Å²) in [5.41, 5.74) is 4.50. The van der Waals surface area contributed by atoms with Crippen LogP contribution in [-0.2, 0) is 4.79 Å². The van der Waals surface area contributed by atoms with Crippen LogP contribution in [0.25, 0.3) is 11.1 Å². The lowest BCUT2D eigenvalue weighted by Crippen LogP contribution is -2.01. The maximum atomic E-state index is 12.2. The molecule has 100 valence electrons. The fourth-order valence-corrected chi connectivity index (χ4v) is 2.34. The van der Waals surface area contributed by atoms with Gasteiger partial charge in [-0.3, -0.25) is 4.79 Å². The van der Waals surface area contributed by atoms with Crippen LogP contribution < -0.4 is 0 Å². The highest BCUT2D eigenvalue weighted by Gasteiger charge is 2.15. The molecule has 0 N–H and O–H groups in total. The summed E-state index contributed by atoms with van der Waals surface area (Å²) in [6.45, 7) is 7.59. The van der Waals surface area contributed by atoms with Crippen molar-refractivity contribution >= 4 is 16.9 Å². The molecule has 0 aliphatic heterocycles. The van der Waals surface area contributed by atoms with Crippen LogP contribution in [0.15, 0.2) is 72.8 Å². The third-order valence-corrected chi connectivity index (χ3v) is 3.15. The molecule has 0 amide bonds. The van der Waals surface area contributed by atoms with Crippen LogP contribution in [0.4, 0.5) is 0 Å². The van der Waals surface area contributed by atoms with Crippen molar-refractivity contribution in [3.05, 3.63) is 83.9 Å². The second-order valence-electron chi connectivity index (χ2n) is 4.82. The third kappa shape index (κ3) is 2.94. The third-order valence-electron chi connectivity index (χ3n) is 3.15. The number of carbonyl (C=O) groups is 1. The molecular formula is C19H18O. The average molecular weight is 262 g/mol. The summed E-state index contributed by atoms with van der Waals surface area (Å²) < 4.78 is 0. The summed E-state index contributed by atoms with van der Waals surface area (Å²) >= 11 is 0. The van der Waals surface area contributed by atoms with E-state index in [9.17, 15) is 4.79 Å². The second-order valence-corrected chi connectivity index (χ2v) is 4.82. The highest BCUT2D eigenvalue weighted by Crippen LogP contribution is 2.31. The molecule has 0 aliphatic rings. The molecule has 1 nitrogen and oxygen atoms in total. The molecule has 0 fully saturated rings. The first-order valence-corrected chi connectivity index (χ1v) is 6.63. The summed E-state index contributed by atoms with van der Waals surface area (Å²) in [5.74, 6) is 0.0538.